The molecule has 0 aliphatic carbocycles. The molecule has 138 valence electrons. The number of halogens is 1. The number of hydrogen-bond acceptors (Lipinski definition) is 4. The molecule has 0 saturated carbocycles. The highest BCUT2D eigenvalue weighted by atomic mass is 35.5. The molecule has 0 radical (unpaired) electrons. The second kappa shape index (κ2) is 7.88. The molecule has 0 unspecified atom stereocenters. The first kappa shape index (κ1) is 18.4. The molecule has 0 aliphatic rings. The molecule has 3 aromatic heterocycles. The Morgan fingerprint density at radius 1 is 1.23 bits per heavy atom. The summed E-state index contributed by atoms with van der Waals surface area (Å²) in [5.41, 5.74) is 3.99. The van der Waals surface area contributed by atoms with Crippen LogP contribution in [0.25, 0.3) is 0 Å². The van der Waals surface area contributed by atoms with E-state index in [-0.39, 0.29) is 0 Å². The summed E-state index contributed by atoms with van der Waals surface area (Å²) in [6.45, 7) is 6.16. The van der Waals surface area contributed by atoms with Crippen molar-refractivity contribution in [2.45, 2.75) is 33.5 Å². The summed E-state index contributed by atoms with van der Waals surface area (Å²) in [4.78, 5) is 0. The van der Waals surface area contributed by atoms with Gasteiger partial charge in [0.05, 0.1) is 48.1 Å². The molecule has 0 spiro atoms. The van der Waals surface area contributed by atoms with Gasteiger partial charge >= 0.3 is 0 Å². The zero-order valence-electron chi connectivity index (χ0n) is 14.9. The summed E-state index contributed by atoms with van der Waals surface area (Å²) in [6, 6.07) is 0. The van der Waals surface area contributed by atoms with Gasteiger partial charge in [0.15, 0.2) is 5.11 Å². The van der Waals surface area contributed by atoms with Crippen LogP contribution in [0.3, 0.4) is 0 Å². The van der Waals surface area contributed by atoms with Crippen LogP contribution >= 0.6 is 23.8 Å². The van der Waals surface area contributed by atoms with E-state index in [9.17, 15) is 0 Å². The molecule has 10 heteroatoms. The molecule has 0 atom stereocenters. The van der Waals surface area contributed by atoms with Crippen LogP contribution < -0.4 is 10.6 Å². The smallest absolute Gasteiger partial charge is 0.171 e. The summed E-state index contributed by atoms with van der Waals surface area (Å²) in [5.74, 6) is 0. The third kappa shape index (κ3) is 4.05. The number of thiocarbonyl (C=S) groups is 1. The standard InChI is InChI=1S/C16H21ClN8S/c1-4-25-11(2)12(5-21-25)9-24-10-13(6-20-24)22-16(26)18-8-15-14(17)7-19-23(15)3/h5-7,10H,4,8-9H2,1-3H3,(H2,18,22,26). The minimum absolute atomic E-state index is 0.491. The van der Waals surface area contributed by atoms with E-state index in [2.05, 4.69) is 39.8 Å². The largest absolute Gasteiger partial charge is 0.357 e. The van der Waals surface area contributed by atoms with Crippen LogP contribution in [0.15, 0.2) is 24.8 Å². The second-order valence-electron chi connectivity index (χ2n) is 5.87. The van der Waals surface area contributed by atoms with Gasteiger partial charge in [0.1, 0.15) is 0 Å². The molecule has 0 amide bonds. The summed E-state index contributed by atoms with van der Waals surface area (Å²) in [6.07, 6.45) is 7.15. The molecule has 0 fully saturated rings. The molecule has 3 aromatic rings. The lowest BCUT2D eigenvalue weighted by atomic mass is 10.2. The molecule has 0 saturated heterocycles. The Kier molecular flexibility index (Phi) is 5.58. The first-order chi connectivity index (χ1) is 12.5. The molecule has 0 aliphatic heterocycles. The lowest BCUT2D eigenvalue weighted by molar-refractivity contribution is 0.633. The summed E-state index contributed by atoms with van der Waals surface area (Å²) in [5, 5.41) is 20.2. The van der Waals surface area contributed by atoms with Crippen LogP contribution in [0, 0.1) is 6.92 Å². The summed E-state index contributed by atoms with van der Waals surface area (Å²) in [7, 11) is 1.84. The van der Waals surface area contributed by atoms with Crippen molar-refractivity contribution in [1.82, 2.24) is 34.7 Å². The SMILES string of the molecule is CCn1ncc(Cn2cc(NC(=S)NCc3c(Cl)cnn3C)cn2)c1C. The Bertz CT molecular complexity index is 890. The zero-order chi connectivity index (χ0) is 18.7. The van der Waals surface area contributed by atoms with Gasteiger partial charge in [-0.25, -0.2) is 0 Å². The Balaban J connectivity index is 1.56. The van der Waals surface area contributed by atoms with Crippen LogP contribution in [0.4, 0.5) is 5.69 Å². The van der Waals surface area contributed by atoms with E-state index in [0.717, 1.165) is 29.2 Å². The van der Waals surface area contributed by atoms with Crippen molar-refractivity contribution in [2.75, 3.05) is 5.32 Å². The number of nitrogens with one attached hydrogen (secondary N) is 2. The van der Waals surface area contributed by atoms with Gasteiger partial charge in [0, 0.05) is 31.0 Å². The number of nitrogens with zero attached hydrogens (tertiary/aromatic N) is 6. The highest BCUT2D eigenvalue weighted by molar-refractivity contribution is 7.80. The number of aryl methyl sites for hydroxylation is 2. The van der Waals surface area contributed by atoms with E-state index in [4.69, 9.17) is 23.8 Å². The zero-order valence-corrected chi connectivity index (χ0v) is 16.5. The van der Waals surface area contributed by atoms with Crippen LogP contribution in [0.2, 0.25) is 5.02 Å². The molecular formula is C16H21ClN8S. The molecule has 26 heavy (non-hydrogen) atoms. The van der Waals surface area contributed by atoms with E-state index in [1.807, 2.05) is 28.8 Å². The average Bonchev–Trinajstić information content (AvgIpc) is 3.28. The van der Waals surface area contributed by atoms with E-state index in [0.29, 0.717) is 23.2 Å². The van der Waals surface area contributed by atoms with Gasteiger partial charge < -0.3 is 10.6 Å². The van der Waals surface area contributed by atoms with E-state index in [1.165, 1.54) is 0 Å². The highest BCUT2D eigenvalue weighted by Gasteiger charge is 2.09. The van der Waals surface area contributed by atoms with E-state index in [1.54, 1.807) is 17.1 Å². The fourth-order valence-corrected chi connectivity index (χ4v) is 3.05. The molecule has 0 aromatic carbocycles. The topological polar surface area (TPSA) is 77.5 Å². The van der Waals surface area contributed by atoms with Crippen LogP contribution in [0.5, 0.6) is 0 Å². The van der Waals surface area contributed by atoms with Gasteiger partial charge in [0.2, 0.25) is 0 Å². The highest BCUT2D eigenvalue weighted by Crippen LogP contribution is 2.14. The fourth-order valence-electron chi connectivity index (χ4n) is 2.62. The van der Waals surface area contributed by atoms with Crippen LogP contribution in [-0.2, 0) is 26.7 Å². The minimum atomic E-state index is 0.491. The van der Waals surface area contributed by atoms with Crippen molar-refractivity contribution in [1.29, 1.82) is 0 Å². The predicted octanol–water partition coefficient (Wildman–Crippen LogP) is 2.33. The van der Waals surface area contributed by atoms with Crippen LogP contribution in [-0.4, -0.2) is 34.5 Å². The van der Waals surface area contributed by atoms with Crippen molar-refractivity contribution < 1.29 is 0 Å². The van der Waals surface area contributed by atoms with Crippen LogP contribution in [0.1, 0.15) is 23.9 Å². The fraction of sp³-hybridized carbons (Fsp3) is 0.375. The third-order valence-corrected chi connectivity index (χ3v) is 4.72. The Morgan fingerprint density at radius 3 is 2.69 bits per heavy atom. The molecule has 3 rings (SSSR count). The van der Waals surface area contributed by atoms with Gasteiger partial charge in [-0.3, -0.25) is 14.0 Å². The quantitative estimate of drug-likeness (QED) is 0.627. The van der Waals surface area contributed by atoms with E-state index >= 15 is 0 Å². The van der Waals surface area contributed by atoms with Crippen molar-refractivity contribution >= 4 is 34.6 Å². The maximum atomic E-state index is 6.09. The molecule has 3 heterocycles. The molecule has 0 bridgehead atoms. The van der Waals surface area contributed by atoms with Crippen molar-refractivity contribution in [3.8, 4) is 0 Å². The molecular weight excluding hydrogens is 372 g/mol. The lowest BCUT2D eigenvalue weighted by Gasteiger charge is -2.09. The van der Waals surface area contributed by atoms with Gasteiger partial charge in [-0.1, -0.05) is 11.6 Å². The Hall–Kier alpha value is -2.39. The maximum absolute atomic E-state index is 6.09. The van der Waals surface area contributed by atoms with Crippen molar-refractivity contribution in [3.05, 3.63) is 46.8 Å². The number of hydrogen-bond donors (Lipinski definition) is 2. The maximum Gasteiger partial charge on any atom is 0.171 e. The Labute approximate surface area is 162 Å². The monoisotopic (exact) mass is 392 g/mol. The Morgan fingerprint density at radius 2 is 2.04 bits per heavy atom. The van der Waals surface area contributed by atoms with Gasteiger partial charge in [-0.15, -0.1) is 0 Å². The summed E-state index contributed by atoms with van der Waals surface area (Å²) >= 11 is 11.4. The minimum Gasteiger partial charge on any atom is -0.357 e. The van der Waals surface area contributed by atoms with Gasteiger partial charge in [-0.2, -0.15) is 15.3 Å². The molecule has 8 nitrogen and oxygen atoms in total. The lowest BCUT2D eigenvalue weighted by Crippen LogP contribution is -2.28. The summed E-state index contributed by atoms with van der Waals surface area (Å²) < 4.78 is 5.54. The van der Waals surface area contributed by atoms with E-state index < -0.39 is 0 Å². The first-order valence-corrected chi connectivity index (χ1v) is 9.01. The first-order valence-electron chi connectivity index (χ1n) is 8.23. The number of anilines is 1. The number of rotatable bonds is 6. The second-order valence-corrected chi connectivity index (χ2v) is 6.68. The predicted molar refractivity (Wildman–Crippen MR) is 105 cm³/mol. The van der Waals surface area contributed by atoms with Crippen molar-refractivity contribution in [2.24, 2.45) is 7.05 Å². The normalized spacial score (nSPS) is 10.9. The number of aromatic nitrogens is 6. The van der Waals surface area contributed by atoms with Gasteiger partial charge in [-0.05, 0) is 26.1 Å². The molecule has 2 N–H and O–H groups in total. The van der Waals surface area contributed by atoms with Gasteiger partial charge in [0.25, 0.3) is 0 Å². The average molecular weight is 393 g/mol. The third-order valence-electron chi connectivity index (χ3n) is 4.15. The van der Waals surface area contributed by atoms with Crippen molar-refractivity contribution in [3.63, 3.8) is 0 Å².